The largest absolute Gasteiger partial charge is 0.481 e. The predicted octanol–water partition coefficient (Wildman–Crippen LogP) is 5.49. The van der Waals surface area contributed by atoms with Crippen molar-refractivity contribution in [2.75, 3.05) is 73.1 Å². The second-order valence-electron chi connectivity index (χ2n) is 20.0. The summed E-state index contributed by atoms with van der Waals surface area (Å²) in [5, 5.41) is 54.4. The second kappa shape index (κ2) is 53.9. The lowest BCUT2D eigenvalue weighted by Gasteiger charge is -2.16. The normalized spacial score (nSPS) is 12.4. The number of Topliss-reactive ketones (excluding diaryl/α,β-unsaturated/α-hetero) is 3. The molecule has 0 radical (unpaired) electrons. The predicted molar refractivity (Wildman–Crippen MR) is 299 cm³/mol. The minimum atomic E-state index is -1.39. The third kappa shape index (κ3) is 50.1. The van der Waals surface area contributed by atoms with Gasteiger partial charge in [0.25, 0.3) is 0 Å². The molecule has 0 aromatic rings. The first kappa shape index (κ1) is 77.6. The maximum absolute atomic E-state index is 12.6. The number of aliphatic carboxylic acids is 4. The number of amides is 4. The van der Waals surface area contributed by atoms with Gasteiger partial charge < -0.3 is 65.7 Å². The molecule has 81 heavy (non-hydrogen) atoms. The van der Waals surface area contributed by atoms with Crippen molar-refractivity contribution < 1.29 is 97.2 Å². The Hall–Kier alpha value is -5.43. The maximum atomic E-state index is 12.6. The summed E-state index contributed by atoms with van der Waals surface area (Å²) >= 11 is 0. The molecule has 0 aliphatic carbocycles. The van der Waals surface area contributed by atoms with E-state index in [1.165, 1.54) is 32.1 Å². The number of carbonyl (C=O) groups excluding carboxylic acids is 7. The van der Waals surface area contributed by atoms with Crippen LogP contribution in [0, 0.1) is 11.8 Å². The Morgan fingerprint density at radius 2 is 0.827 bits per heavy atom. The highest BCUT2D eigenvalue weighted by Crippen LogP contribution is 2.18. The number of aliphatic hydroxyl groups is 1. The summed E-state index contributed by atoms with van der Waals surface area (Å²) in [6, 6.07) is -2.65. The molecule has 0 rings (SSSR count). The van der Waals surface area contributed by atoms with E-state index in [1.807, 2.05) is 6.92 Å². The molecule has 4 atom stereocenters. The number of nitrogens with one attached hydrogen (secondary N) is 4. The standard InChI is InChI=1S/C56H96N4O19.CH4O/c1-3-43(42(2)61)21-18-19-31-57-49(64)29-27-48(56(74)75)60-52(67)41-79-38-35-76-33-20-23-46(63)40-78-37-36-77-34-32-58-50(65)30-26-47(55(72)73)59-51(66)28-25-44(54(70)71)39-45(62)22-16-14-12-10-8-6-4-5-7-9-11-13-15-17-24-53(68)69;1-2/h43-44,47-48H,3-41H2,1-2H3,(H,57,64)(H,58,65)(H,59,66)(H,60,67)(H,68,69)(H,70,71)(H,72,73)(H,74,75);2H,1H3/t43-,44+,47-,48-;/m0./s1. The van der Waals surface area contributed by atoms with Gasteiger partial charge in [-0.05, 0) is 64.7 Å². The van der Waals surface area contributed by atoms with Crippen LogP contribution in [-0.4, -0.2) is 176 Å². The Morgan fingerprint density at radius 3 is 1.32 bits per heavy atom. The van der Waals surface area contributed by atoms with Gasteiger partial charge >= 0.3 is 23.9 Å². The average Bonchev–Trinajstić information content (AvgIpc) is 3.42. The van der Waals surface area contributed by atoms with Crippen LogP contribution in [-0.2, 0) is 71.7 Å². The Labute approximate surface area is 479 Å². The van der Waals surface area contributed by atoms with Gasteiger partial charge in [-0.25, -0.2) is 9.59 Å². The molecule has 4 amide bonds. The number of ketones is 3. The second-order valence-corrected chi connectivity index (χ2v) is 20.0. The van der Waals surface area contributed by atoms with Crippen LogP contribution < -0.4 is 21.3 Å². The lowest BCUT2D eigenvalue weighted by molar-refractivity contribution is -0.145. The van der Waals surface area contributed by atoms with Gasteiger partial charge in [-0.1, -0.05) is 90.4 Å². The minimum Gasteiger partial charge on any atom is -0.481 e. The molecule has 0 saturated heterocycles. The molecule has 0 aromatic carbocycles. The molecule has 468 valence electrons. The molecule has 24 nitrogen and oxygen atoms in total. The highest BCUT2D eigenvalue weighted by molar-refractivity contribution is 5.87. The van der Waals surface area contributed by atoms with Crippen molar-refractivity contribution in [3.63, 3.8) is 0 Å². The summed E-state index contributed by atoms with van der Waals surface area (Å²) in [7, 11) is 1.00. The summed E-state index contributed by atoms with van der Waals surface area (Å²) in [5.74, 6) is -8.01. The van der Waals surface area contributed by atoms with Crippen molar-refractivity contribution in [3.05, 3.63) is 0 Å². The monoisotopic (exact) mass is 1160 g/mol. The van der Waals surface area contributed by atoms with Crippen LogP contribution in [0.5, 0.6) is 0 Å². The Kier molecular flexibility index (Phi) is 51.6. The molecule has 0 fully saturated rings. The number of rotatable bonds is 57. The van der Waals surface area contributed by atoms with Gasteiger partial charge in [-0.2, -0.15) is 0 Å². The SMILES string of the molecule is CC[C@@H](CCCCNC(=O)CC[C@H](NC(=O)COCCOCCCC(=O)COCCOCCNC(=O)CC[C@H](NC(=O)CC[C@H](CC(=O)CCCCCCCCCCCCCCCCC(=O)O)C(=O)O)C(=O)O)C(=O)O)C(C)=O.CO. The summed E-state index contributed by atoms with van der Waals surface area (Å²) in [5.41, 5.74) is 0. The molecule has 0 aromatic heterocycles. The molecule has 0 aliphatic heterocycles. The Bertz CT molecular complexity index is 1780. The van der Waals surface area contributed by atoms with E-state index in [4.69, 9.17) is 29.2 Å². The smallest absolute Gasteiger partial charge is 0.326 e. The zero-order valence-electron chi connectivity index (χ0n) is 48.7. The quantitative estimate of drug-likeness (QED) is 0.0340. The zero-order valence-corrected chi connectivity index (χ0v) is 48.7. The molecule has 0 aliphatic rings. The number of carbonyl (C=O) groups is 11. The van der Waals surface area contributed by atoms with Gasteiger partial charge in [0.15, 0.2) is 5.78 Å². The first-order valence-corrected chi connectivity index (χ1v) is 29.2. The van der Waals surface area contributed by atoms with Crippen molar-refractivity contribution >= 4 is 64.9 Å². The highest BCUT2D eigenvalue weighted by atomic mass is 16.5. The molecule has 0 bridgehead atoms. The van der Waals surface area contributed by atoms with Crippen molar-refractivity contribution in [2.24, 2.45) is 11.8 Å². The Balaban J connectivity index is 0. The third-order valence-electron chi connectivity index (χ3n) is 13.1. The van der Waals surface area contributed by atoms with Crippen molar-refractivity contribution in [1.29, 1.82) is 0 Å². The van der Waals surface area contributed by atoms with Crippen molar-refractivity contribution in [3.8, 4) is 0 Å². The van der Waals surface area contributed by atoms with E-state index in [9.17, 15) is 68.1 Å². The van der Waals surface area contributed by atoms with Crippen LogP contribution in [0.2, 0.25) is 0 Å². The summed E-state index contributed by atoms with van der Waals surface area (Å²) in [4.78, 5) is 131. The summed E-state index contributed by atoms with van der Waals surface area (Å²) < 4.78 is 21.4. The molecule has 0 spiro atoms. The van der Waals surface area contributed by atoms with Crippen LogP contribution in [0.1, 0.15) is 200 Å². The lowest BCUT2D eigenvalue weighted by Crippen LogP contribution is -2.43. The van der Waals surface area contributed by atoms with E-state index in [0.717, 1.165) is 77.7 Å². The first-order chi connectivity index (χ1) is 38.9. The molecule has 0 unspecified atom stereocenters. The van der Waals surface area contributed by atoms with E-state index in [1.54, 1.807) is 6.92 Å². The molecular weight excluding hydrogens is 1060 g/mol. The number of aliphatic hydroxyl groups excluding tert-OH is 1. The van der Waals surface area contributed by atoms with Crippen LogP contribution in [0.3, 0.4) is 0 Å². The van der Waals surface area contributed by atoms with Gasteiger partial charge in [0.05, 0.1) is 39.0 Å². The third-order valence-corrected chi connectivity index (χ3v) is 13.1. The first-order valence-electron chi connectivity index (χ1n) is 29.2. The highest BCUT2D eigenvalue weighted by Gasteiger charge is 2.26. The molecular formula is C57H100N4O20. The number of carboxylic acid groups (broad SMARTS) is 4. The maximum Gasteiger partial charge on any atom is 0.326 e. The fourth-order valence-corrected chi connectivity index (χ4v) is 8.39. The molecule has 0 saturated carbocycles. The minimum absolute atomic E-state index is 0.0201. The number of ether oxygens (including phenoxy) is 4. The Morgan fingerprint density at radius 1 is 0.383 bits per heavy atom. The van der Waals surface area contributed by atoms with E-state index in [0.29, 0.717) is 25.8 Å². The van der Waals surface area contributed by atoms with Gasteiger partial charge in [0.1, 0.15) is 36.9 Å². The number of hydrogen-bond donors (Lipinski definition) is 9. The molecule has 24 heteroatoms. The average molecular weight is 1160 g/mol. The van der Waals surface area contributed by atoms with Gasteiger partial charge in [0.2, 0.25) is 23.6 Å². The van der Waals surface area contributed by atoms with Crippen molar-refractivity contribution in [2.45, 2.75) is 212 Å². The fraction of sp³-hybridized carbons (Fsp3) is 0.807. The van der Waals surface area contributed by atoms with E-state index in [2.05, 4.69) is 21.3 Å². The van der Waals surface area contributed by atoms with E-state index < -0.39 is 66.2 Å². The number of carboxylic acids is 4. The van der Waals surface area contributed by atoms with Crippen molar-refractivity contribution in [1.82, 2.24) is 21.3 Å². The number of unbranched alkanes of at least 4 members (excludes halogenated alkanes) is 14. The zero-order chi connectivity index (χ0) is 60.9. The lowest BCUT2D eigenvalue weighted by atomic mass is 9.94. The summed E-state index contributed by atoms with van der Waals surface area (Å²) in [6.45, 7) is 4.28. The van der Waals surface area contributed by atoms with E-state index >= 15 is 0 Å². The summed E-state index contributed by atoms with van der Waals surface area (Å²) in [6.07, 6.45) is 17.5. The molecule has 9 N–H and O–H groups in total. The van der Waals surface area contributed by atoms with Gasteiger partial charge in [-0.15, -0.1) is 0 Å². The topological polar surface area (TPSA) is 374 Å². The van der Waals surface area contributed by atoms with Gasteiger partial charge in [0, 0.05) is 77.7 Å². The van der Waals surface area contributed by atoms with Crippen LogP contribution in [0.4, 0.5) is 0 Å². The molecule has 0 heterocycles. The number of hydrogen-bond acceptors (Lipinski definition) is 16. The van der Waals surface area contributed by atoms with Crippen LogP contribution in [0.15, 0.2) is 0 Å². The van der Waals surface area contributed by atoms with Gasteiger partial charge in [-0.3, -0.25) is 43.2 Å². The van der Waals surface area contributed by atoms with E-state index in [-0.39, 0.29) is 146 Å². The van der Waals surface area contributed by atoms with Crippen LogP contribution in [0.25, 0.3) is 0 Å². The van der Waals surface area contributed by atoms with Crippen LogP contribution >= 0.6 is 0 Å². The fourth-order valence-electron chi connectivity index (χ4n) is 8.39.